The normalized spacial score (nSPS) is 22.8. The number of hydrogen-bond acceptors (Lipinski definition) is 1. The van der Waals surface area contributed by atoms with Crippen LogP contribution >= 0.6 is 0 Å². The van der Waals surface area contributed by atoms with Gasteiger partial charge in [-0.2, -0.15) is 0 Å². The second-order valence-electron chi connectivity index (χ2n) is 3.84. The Morgan fingerprint density at radius 1 is 1.36 bits per heavy atom. The molecule has 0 aromatic carbocycles. The molecule has 1 aliphatic rings. The van der Waals surface area contributed by atoms with Crippen LogP contribution in [0.3, 0.4) is 0 Å². The maximum atomic E-state index is 5.29. The zero-order valence-corrected chi connectivity index (χ0v) is 7.65. The van der Waals surface area contributed by atoms with Gasteiger partial charge in [0.1, 0.15) is 0 Å². The minimum absolute atomic E-state index is 0.222. The summed E-state index contributed by atoms with van der Waals surface area (Å²) in [6.45, 7) is 6.55. The molecule has 0 spiro atoms. The highest BCUT2D eigenvalue weighted by Gasteiger charge is 2.45. The highest BCUT2D eigenvalue weighted by Crippen LogP contribution is 2.42. The molecule has 0 aliphatic heterocycles. The quantitative estimate of drug-likeness (QED) is 0.606. The molecule has 0 aromatic rings. The molecule has 1 unspecified atom stereocenters. The van der Waals surface area contributed by atoms with Gasteiger partial charge in [-0.25, -0.2) is 0 Å². The topological polar surface area (TPSA) is 12.0 Å². The lowest BCUT2D eigenvalue weighted by atomic mass is 10.0. The van der Waals surface area contributed by atoms with E-state index < -0.39 is 0 Å². The second kappa shape index (κ2) is 2.87. The molecule has 1 aliphatic carbocycles. The summed E-state index contributed by atoms with van der Waals surface area (Å²) in [6, 6.07) is 0.222. The molecule has 0 aromatic heterocycles. The molecular formula is C10H17N. The summed E-state index contributed by atoms with van der Waals surface area (Å²) >= 11 is 0. The minimum Gasteiger partial charge on any atom is -0.298 e. The highest BCUT2D eigenvalue weighted by atomic mass is 15.0. The molecule has 0 bridgehead atoms. The van der Waals surface area contributed by atoms with E-state index >= 15 is 0 Å². The molecule has 11 heavy (non-hydrogen) atoms. The van der Waals surface area contributed by atoms with E-state index in [-0.39, 0.29) is 6.04 Å². The molecule has 1 atom stereocenters. The van der Waals surface area contributed by atoms with Crippen molar-refractivity contribution in [3.8, 4) is 12.3 Å². The number of nitrogens with one attached hydrogen (secondary N) is 1. The van der Waals surface area contributed by atoms with Crippen LogP contribution in [0.5, 0.6) is 0 Å². The third-order valence-corrected chi connectivity index (χ3v) is 2.65. The van der Waals surface area contributed by atoms with Gasteiger partial charge in [0.05, 0.1) is 6.04 Å². The molecule has 1 heteroatoms. The van der Waals surface area contributed by atoms with Crippen molar-refractivity contribution in [1.82, 2.24) is 5.32 Å². The Labute approximate surface area is 69.6 Å². The van der Waals surface area contributed by atoms with Gasteiger partial charge in [0, 0.05) is 5.54 Å². The van der Waals surface area contributed by atoms with E-state index in [1.54, 1.807) is 0 Å². The zero-order valence-electron chi connectivity index (χ0n) is 7.65. The maximum Gasteiger partial charge on any atom is 0.0662 e. The third-order valence-electron chi connectivity index (χ3n) is 2.65. The first-order chi connectivity index (χ1) is 5.10. The monoisotopic (exact) mass is 151 g/mol. The number of hydrogen-bond donors (Lipinski definition) is 1. The first-order valence-corrected chi connectivity index (χ1v) is 4.34. The Hall–Kier alpha value is -0.480. The average molecular weight is 151 g/mol. The van der Waals surface area contributed by atoms with Crippen molar-refractivity contribution in [3.63, 3.8) is 0 Å². The molecule has 1 nitrogen and oxygen atoms in total. The maximum absolute atomic E-state index is 5.29. The molecule has 1 N–H and O–H groups in total. The largest absolute Gasteiger partial charge is 0.298 e. The molecule has 62 valence electrons. The first-order valence-electron chi connectivity index (χ1n) is 4.34. The van der Waals surface area contributed by atoms with Crippen molar-refractivity contribution >= 4 is 0 Å². The molecule has 0 heterocycles. The smallest absolute Gasteiger partial charge is 0.0662 e. The van der Waals surface area contributed by atoms with Crippen molar-refractivity contribution in [2.75, 3.05) is 0 Å². The molecule has 0 saturated heterocycles. The lowest BCUT2D eigenvalue weighted by Crippen LogP contribution is -2.41. The summed E-state index contributed by atoms with van der Waals surface area (Å²) in [5.74, 6) is 3.41. The van der Waals surface area contributed by atoms with E-state index in [0.29, 0.717) is 11.5 Å². The predicted molar refractivity (Wildman–Crippen MR) is 48.2 cm³/mol. The van der Waals surface area contributed by atoms with E-state index in [1.807, 2.05) is 6.92 Å². The van der Waals surface area contributed by atoms with Crippen LogP contribution in [0.1, 0.15) is 33.6 Å². The van der Waals surface area contributed by atoms with Crippen LogP contribution in [-0.2, 0) is 0 Å². The highest BCUT2D eigenvalue weighted by molar-refractivity contribution is 5.09. The summed E-state index contributed by atoms with van der Waals surface area (Å²) in [4.78, 5) is 0. The summed E-state index contributed by atoms with van der Waals surface area (Å²) in [5, 5.41) is 3.48. The van der Waals surface area contributed by atoms with E-state index in [9.17, 15) is 0 Å². The minimum atomic E-state index is 0.222. The van der Waals surface area contributed by atoms with Gasteiger partial charge in [0.25, 0.3) is 0 Å². The molecular weight excluding hydrogens is 134 g/mol. The van der Waals surface area contributed by atoms with Crippen LogP contribution in [0.25, 0.3) is 0 Å². The van der Waals surface area contributed by atoms with E-state index in [2.05, 4.69) is 25.1 Å². The van der Waals surface area contributed by atoms with Crippen LogP contribution in [0.4, 0.5) is 0 Å². The first kappa shape index (κ1) is 8.62. The van der Waals surface area contributed by atoms with Gasteiger partial charge in [-0.3, -0.25) is 5.32 Å². The summed E-state index contributed by atoms with van der Waals surface area (Å²) in [6.07, 6.45) is 7.87. The van der Waals surface area contributed by atoms with Gasteiger partial charge in [-0.05, 0) is 25.7 Å². The fourth-order valence-electron chi connectivity index (χ4n) is 1.50. The predicted octanol–water partition coefficient (Wildman–Crippen LogP) is 1.79. The van der Waals surface area contributed by atoms with Crippen molar-refractivity contribution in [1.29, 1.82) is 0 Å². The van der Waals surface area contributed by atoms with Gasteiger partial charge >= 0.3 is 0 Å². The van der Waals surface area contributed by atoms with Crippen LogP contribution < -0.4 is 5.32 Å². The molecule has 1 rings (SSSR count). The van der Waals surface area contributed by atoms with Crippen molar-refractivity contribution in [2.45, 2.75) is 45.2 Å². The van der Waals surface area contributed by atoms with Gasteiger partial charge in [-0.15, -0.1) is 6.42 Å². The molecule has 0 amide bonds. The van der Waals surface area contributed by atoms with Gasteiger partial charge < -0.3 is 0 Å². The molecule has 1 fully saturated rings. The summed E-state index contributed by atoms with van der Waals surface area (Å²) in [7, 11) is 0. The van der Waals surface area contributed by atoms with Crippen LogP contribution in [0.15, 0.2) is 0 Å². The van der Waals surface area contributed by atoms with E-state index in [0.717, 1.165) is 0 Å². The van der Waals surface area contributed by atoms with Crippen molar-refractivity contribution in [3.05, 3.63) is 0 Å². The number of terminal acetylenes is 1. The molecule has 0 radical (unpaired) electrons. The Balaban J connectivity index is 2.43. The third kappa shape index (κ3) is 1.75. The fraction of sp³-hybridized carbons (Fsp3) is 0.800. The van der Waals surface area contributed by atoms with Gasteiger partial charge in [0.15, 0.2) is 0 Å². The second-order valence-corrected chi connectivity index (χ2v) is 3.84. The Bertz CT molecular complexity index is 172. The Morgan fingerprint density at radius 2 is 1.91 bits per heavy atom. The SMILES string of the molecule is C#CC(C)NC1(C(C)C)CC1. The van der Waals surface area contributed by atoms with Crippen LogP contribution in [-0.4, -0.2) is 11.6 Å². The van der Waals surface area contributed by atoms with Crippen molar-refractivity contribution < 1.29 is 0 Å². The lowest BCUT2D eigenvalue weighted by Gasteiger charge is -2.23. The summed E-state index contributed by atoms with van der Waals surface area (Å²) in [5.41, 5.74) is 0.381. The standard InChI is InChI=1S/C10H17N/c1-5-9(4)11-10(6-7-10)8(2)3/h1,8-9,11H,6-7H2,2-4H3. The van der Waals surface area contributed by atoms with Gasteiger partial charge in [-0.1, -0.05) is 19.8 Å². The zero-order chi connectivity index (χ0) is 8.48. The number of rotatable bonds is 3. The Kier molecular flexibility index (Phi) is 2.25. The fourth-order valence-corrected chi connectivity index (χ4v) is 1.50. The van der Waals surface area contributed by atoms with E-state index in [1.165, 1.54) is 12.8 Å². The van der Waals surface area contributed by atoms with Crippen LogP contribution in [0, 0.1) is 18.3 Å². The summed E-state index contributed by atoms with van der Waals surface area (Å²) < 4.78 is 0. The Morgan fingerprint density at radius 3 is 2.18 bits per heavy atom. The van der Waals surface area contributed by atoms with Gasteiger partial charge in [0.2, 0.25) is 0 Å². The molecule has 1 saturated carbocycles. The van der Waals surface area contributed by atoms with E-state index in [4.69, 9.17) is 6.42 Å². The average Bonchev–Trinajstić information content (AvgIpc) is 2.69. The van der Waals surface area contributed by atoms with Crippen LogP contribution in [0.2, 0.25) is 0 Å². The lowest BCUT2D eigenvalue weighted by molar-refractivity contribution is 0.367. The van der Waals surface area contributed by atoms with Crippen molar-refractivity contribution in [2.24, 2.45) is 5.92 Å².